The fourth-order valence-corrected chi connectivity index (χ4v) is 1.83. The third kappa shape index (κ3) is 4.63. The van der Waals surface area contributed by atoms with Gasteiger partial charge in [-0.1, -0.05) is 24.3 Å². The highest BCUT2D eigenvalue weighted by Crippen LogP contribution is 2.23. The molecule has 0 aromatic heterocycles. The molecule has 2 aromatic carbocycles. The summed E-state index contributed by atoms with van der Waals surface area (Å²) in [5.74, 6) is 0.284. The van der Waals surface area contributed by atoms with Crippen LogP contribution in [0.2, 0.25) is 0 Å². The van der Waals surface area contributed by atoms with E-state index in [0.29, 0.717) is 23.6 Å². The first kappa shape index (κ1) is 15.6. The second-order valence-corrected chi connectivity index (χ2v) is 4.42. The van der Waals surface area contributed by atoms with Gasteiger partial charge in [0.05, 0.1) is 12.3 Å². The molecule has 0 aliphatic carbocycles. The van der Waals surface area contributed by atoms with Crippen LogP contribution in [0.5, 0.6) is 5.75 Å². The number of amides is 2. The first-order valence-electron chi connectivity index (χ1n) is 6.90. The number of anilines is 1. The Balaban J connectivity index is 1.93. The summed E-state index contributed by atoms with van der Waals surface area (Å²) in [6.45, 7) is 2.39. The van der Waals surface area contributed by atoms with E-state index < -0.39 is 6.03 Å². The van der Waals surface area contributed by atoms with Gasteiger partial charge >= 0.3 is 6.03 Å². The molecule has 0 saturated carbocycles. The van der Waals surface area contributed by atoms with E-state index in [0.717, 1.165) is 0 Å². The minimum atomic E-state index is -0.403. The van der Waals surface area contributed by atoms with Gasteiger partial charge in [-0.2, -0.15) is 0 Å². The summed E-state index contributed by atoms with van der Waals surface area (Å²) in [4.78, 5) is 11.8. The Morgan fingerprint density at radius 1 is 1.23 bits per heavy atom. The van der Waals surface area contributed by atoms with Crippen molar-refractivity contribution in [1.82, 2.24) is 5.32 Å². The number of carbonyl (C=O) groups is 1. The quantitative estimate of drug-likeness (QED) is 0.876. The van der Waals surface area contributed by atoms with E-state index in [9.17, 15) is 9.18 Å². The maximum Gasteiger partial charge on any atom is 0.323 e. The van der Waals surface area contributed by atoms with Gasteiger partial charge < -0.3 is 15.4 Å². The van der Waals surface area contributed by atoms with E-state index in [1.165, 1.54) is 18.3 Å². The third-order valence-electron chi connectivity index (χ3n) is 2.77. The molecule has 114 valence electrons. The number of ether oxygens (including phenoxy) is 1. The van der Waals surface area contributed by atoms with E-state index in [2.05, 4.69) is 10.6 Å². The van der Waals surface area contributed by atoms with Crippen LogP contribution >= 0.6 is 0 Å². The summed E-state index contributed by atoms with van der Waals surface area (Å²) in [6, 6.07) is 12.8. The van der Waals surface area contributed by atoms with Crippen molar-refractivity contribution in [3.8, 4) is 5.75 Å². The lowest BCUT2D eigenvalue weighted by Crippen LogP contribution is -2.24. The molecule has 2 amide bonds. The van der Waals surface area contributed by atoms with Crippen LogP contribution < -0.4 is 15.4 Å². The van der Waals surface area contributed by atoms with Gasteiger partial charge in [-0.15, -0.1) is 0 Å². The van der Waals surface area contributed by atoms with Crippen LogP contribution in [0.15, 0.2) is 54.7 Å². The Bertz CT molecular complexity index is 671. The lowest BCUT2D eigenvalue weighted by Gasteiger charge is -2.10. The van der Waals surface area contributed by atoms with E-state index in [1.807, 2.05) is 13.0 Å². The number of halogens is 1. The number of hydrogen-bond acceptors (Lipinski definition) is 2. The van der Waals surface area contributed by atoms with Crippen LogP contribution in [0.4, 0.5) is 14.9 Å². The number of nitrogens with one attached hydrogen (secondary N) is 2. The molecular formula is C17H17FN2O2. The average molecular weight is 300 g/mol. The second kappa shape index (κ2) is 7.83. The Morgan fingerprint density at radius 2 is 2.05 bits per heavy atom. The average Bonchev–Trinajstić information content (AvgIpc) is 2.49. The fraction of sp³-hybridized carbons (Fsp3) is 0.118. The highest BCUT2D eigenvalue weighted by atomic mass is 19.1. The number of para-hydroxylation sites is 2. The first-order chi connectivity index (χ1) is 10.7. The molecule has 0 saturated heterocycles. The van der Waals surface area contributed by atoms with Crippen LogP contribution in [-0.4, -0.2) is 12.6 Å². The minimum absolute atomic E-state index is 0.322. The van der Waals surface area contributed by atoms with Gasteiger partial charge in [-0.3, -0.25) is 0 Å². The van der Waals surface area contributed by atoms with E-state index >= 15 is 0 Å². The molecule has 0 radical (unpaired) electrons. The van der Waals surface area contributed by atoms with Crippen LogP contribution in [0.1, 0.15) is 12.5 Å². The van der Waals surface area contributed by atoms with Crippen molar-refractivity contribution in [3.05, 3.63) is 66.1 Å². The summed E-state index contributed by atoms with van der Waals surface area (Å²) in [5, 5.41) is 5.25. The highest BCUT2D eigenvalue weighted by Gasteiger charge is 2.05. The highest BCUT2D eigenvalue weighted by molar-refractivity contribution is 5.91. The number of rotatable bonds is 5. The molecule has 2 aromatic rings. The SMILES string of the molecule is CCOc1ccccc1NC(=O)N/C=C/c1cccc(F)c1. The molecule has 0 bridgehead atoms. The zero-order valence-electron chi connectivity index (χ0n) is 12.2. The number of carbonyl (C=O) groups excluding carboxylic acids is 1. The molecule has 0 heterocycles. The molecule has 0 atom stereocenters. The Morgan fingerprint density at radius 3 is 2.82 bits per heavy atom. The Hall–Kier alpha value is -2.82. The van der Waals surface area contributed by atoms with Crippen LogP contribution in [0.3, 0.4) is 0 Å². The number of hydrogen-bond donors (Lipinski definition) is 2. The summed E-state index contributed by atoms with van der Waals surface area (Å²) in [6.07, 6.45) is 3.06. The van der Waals surface area contributed by atoms with Gasteiger partial charge in [-0.05, 0) is 42.8 Å². The lowest BCUT2D eigenvalue weighted by molar-refractivity contribution is 0.255. The molecule has 0 fully saturated rings. The number of urea groups is 1. The van der Waals surface area contributed by atoms with Crippen LogP contribution in [-0.2, 0) is 0 Å². The van der Waals surface area contributed by atoms with Crippen molar-refractivity contribution in [2.24, 2.45) is 0 Å². The van der Waals surface area contributed by atoms with Gasteiger partial charge in [-0.25, -0.2) is 9.18 Å². The molecule has 4 nitrogen and oxygen atoms in total. The summed E-state index contributed by atoms with van der Waals surface area (Å²) in [7, 11) is 0. The molecule has 5 heteroatoms. The molecule has 2 rings (SSSR count). The molecule has 2 N–H and O–H groups in total. The Kier molecular flexibility index (Phi) is 5.54. The number of benzene rings is 2. The van der Waals surface area contributed by atoms with Crippen LogP contribution in [0.25, 0.3) is 6.08 Å². The lowest BCUT2D eigenvalue weighted by atomic mass is 10.2. The van der Waals surface area contributed by atoms with Crippen molar-refractivity contribution >= 4 is 17.8 Å². The van der Waals surface area contributed by atoms with Crippen molar-refractivity contribution < 1.29 is 13.9 Å². The first-order valence-corrected chi connectivity index (χ1v) is 6.90. The van der Waals surface area contributed by atoms with E-state index in [1.54, 1.807) is 36.4 Å². The van der Waals surface area contributed by atoms with Crippen molar-refractivity contribution in [2.45, 2.75) is 6.92 Å². The van der Waals surface area contributed by atoms with Crippen molar-refractivity contribution in [3.63, 3.8) is 0 Å². The topological polar surface area (TPSA) is 50.4 Å². The third-order valence-corrected chi connectivity index (χ3v) is 2.77. The monoisotopic (exact) mass is 300 g/mol. The fourth-order valence-electron chi connectivity index (χ4n) is 1.83. The molecule has 0 aliphatic heterocycles. The normalized spacial score (nSPS) is 10.5. The van der Waals surface area contributed by atoms with Gasteiger partial charge in [0.25, 0.3) is 0 Å². The zero-order valence-corrected chi connectivity index (χ0v) is 12.2. The maximum absolute atomic E-state index is 13.0. The smallest absolute Gasteiger partial charge is 0.323 e. The summed E-state index contributed by atoms with van der Waals surface area (Å²) in [5.41, 5.74) is 1.25. The molecule has 0 unspecified atom stereocenters. The van der Waals surface area contributed by atoms with Crippen molar-refractivity contribution in [2.75, 3.05) is 11.9 Å². The minimum Gasteiger partial charge on any atom is -0.492 e. The van der Waals surface area contributed by atoms with Gasteiger partial charge in [0, 0.05) is 6.20 Å². The second-order valence-electron chi connectivity index (χ2n) is 4.42. The predicted molar refractivity (Wildman–Crippen MR) is 85.2 cm³/mol. The standard InChI is InChI=1S/C17H17FN2O2/c1-2-22-16-9-4-3-8-15(16)20-17(21)19-11-10-13-6-5-7-14(18)12-13/h3-12H,2H2,1H3,(H2,19,20,21)/b11-10+. The van der Waals surface area contributed by atoms with Gasteiger partial charge in [0.15, 0.2) is 0 Å². The molecule has 0 aliphatic rings. The van der Waals surface area contributed by atoms with E-state index in [-0.39, 0.29) is 5.82 Å². The Labute approximate surface area is 128 Å². The largest absolute Gasteiger partial charge is 0.492 e. The van der Waals surface area contributed by atoms with Gasteiger partial charge in [0.1, 0.15) is 11.6 Å². The molecule has 0 spiro atoms. The maximum atomic E-state index is 13.0. The molecular weight excluding hydrogens is 283 g/mol. The van der Waals surface area contributed by atoms with Crippen molar-refractivity contribution in [1.29, 1.82) is 0 Å². The van der Waals surface area contributed by atoms with Crippen LogP contribution in [0, 0.1) is 5.82 Å². The predicted octanol–water partition coefficient (Wildman–Crippen LogP) is 4.02. The van der Waals surface area contributed by atoms with Gasteiger partial charge in [0.2, 0.25) is 0 Å². The summed E-state index contributed by atoms with van der Waals surface area (Å²) < 4.78 is 18.4. The molecule has 22 heavy (non-hydrogen) atoms. The zero-order chi connectivity index (χ0) is 15.8. The summed E-state index contributed by atoms with van der Waals surface area (Å²) >= 11 is 0. The van der Waals surface area contributed by atoms with E-state index in [4.69, 9.17) is 4.74 Å².